The molecular formula is C11H24O. The van der Waals surface area contributed by atoms with Crippen molar-refractivity contribution < 1.29 is 5.11 Å². The average molecular weight is 172 g/mol. The van der Waals surface area contributed by atoms with Crippen LogP contribution in [0, 0.1) is 11.8 Å². The topological polar surface area (TPSA) is 20.2 Å². The highest BCUT2D eigenvalue weighted by Crippen LogP contribution is 2.20. The van der Waals surface area contributed by atoms with Crippen molar-refractivity contribution in [1.82, 2.24) is 0 Å². The summed E-state index contributed by atoms with van der Waals surface area (Å²) in [6.45, 7) is 10.6. The fraction of sp³-hybridized carbons (Fsp3) is 1.00. The zero-order chi connectivity index (χ0) is 9.78. The van der Waals surface area contributed by atoms with Crippen LogP contribution in [0.2, 0.25) is 0 Å². The Kier molecular flexibility index (Phi) is 4.84. The molecule has 0 spiro atoms. The summed E-state index contributed by atoms with van der Waals surface area (Å²) in [5.41, 5.74) is -0.475. The lowest BCUT2D eigenvalue weighted by Crippen LogP contribution is -2.18. The minimum Gasteiger partial charge on any atom is -0.390 e. The summed E-state index contributed by atoms with van der Waals surface area (Å²) in [7, 11) is 0. The van der Waals surface area contributed by atoms with Gasteiger partial charge in [-0.1, -0.05) is 33.6 Å². The maximum absolute atomic E-state index is 9.47. The molecule has 0 saturated carbocycles. The molecule has 1 N–H and O–H groups in total. The summed E-state index contributed by atoms with van der Waals surface area (Å²) in [4.78, 5) is 0. The SMILES string of the molecule is CC(C)C(C)CCCC(C)(C)O. The molecule has 0 saturated heterocycles. The normalized spacial score (nSPS) is 15.2. The predicted molar refractivity (Wildman–Crippen MR) is 54.2 cm³/mol. The van der Waals surface area contributed by atoms with Crippen LogP contribution in [0.15, 0.2) is 0 Å². The van der Waals surface area contributed by atoms with E-state index in [9.17, 15) is 5.11 Å². The molecule has 0 amide bonds. The molecule has 0 aromatic carbocycles. The summed E-state index contributed by atoms with van der Waals surface area (Å²) in [5.74, 6) is 1.55. The Balaban J connectivity index is 3.44. The maximum atomic E-state index is 9.47. The first kappa shape index (κ1) is 12.0. The molecule has 0 aliphatic carbocycles. The smallest absolute Gasteiger partial charge is 0.0591 e. The molecule has 0 heterocycles. The second-order valence-electron chi connectivity index (χ2n) is 4.93. The largest absolute Gasteiger partial charge is 0.390 e. The van der Waals surface area contributed by atoms with Gasteiger partial charge in [-0.15, -0.1) is 0 Å². The standard InChI is InChI=1S/C11H24O/c1-9(2)10(3)7-6-8-11(4,5)12/h9-10,12H,6-8H2,1-5H3. The summed E-state index contributed by atoms with van der Waals surface area (Å²) < 4.78 is 0. The molecule has 74 valence electrons. The van der Waals surface area contributed by atoms with E-state index >= 15 is 0 Å². The molecule has 0 aliphatic heterocycles. The molecule has 0 aromatic rings. The van der Waals surface area contributed by atoms with E-state index in [0.717, 1.165) is 24.7 Å². The minimum absolute atomic E-state index is 0.475. The van der Waals surface area contributed by atoms with Crippen LogP contribution in [-0.2, 0) is 0 Å². The molecule has 0 radical (unpaired) electrons. The van der Waals surface area contributed by atoms with Crippen molar-refractivity contribution in [1.29, 1.82) is 0 Å². The number of aliphatic hydroxyl groups is 1. The summed E-state index contributed by atoms with van der Waals surface area (Å²) >= 11 is 0. The Labute approximate surface area is 77.2 Å². The molecule has 12 heavy (non-hydrogen) atoms. The van der Waals surface area contributed by atoms with E-state index in [-0.39, 0.29) is 0 Å². The second kappa shape index (κ2) is 4.86. The summed E-state index contributed by atoms with van der Waals surface area (Å²) in [5, 5.41) is 9.47. The molecule has 0 rings (SSSR count). The van der Waals surface area contributed by atoms with E-state index in [4.69, 9.17) is 0 Å². The van der Waals surface area contributed by atoms with Gasteiger partial charge in [0.1, 0.15) is 0 Å². The van der Waals surface area contributed by atoms with Crippen LogP contribution in [0.25, 0.3) is 0 Å². The van der Waals surface area contributed by atoms with E-state index in [1.165, 1.54) is 6.42 Å². The van der Waals surface area contributed by atoms with Crippen molar-refractivity contribution >= 4 is 0 Å². The molecule has 1 unspecified atom stereocenters. The lowest BCUT2D eigenvalue weighted by Gasteiger charge is -2.20. The van der Waals surface area contributed by atoms with Gasteiger partial charge in [-0.3, -0.25) is 0 Å². The highest BCUT2D eigenvalue weighted by molar-refractivity contribution is 4.66. The van der Waals surface area contributed by atoms with Crippen molar-refractivity contribution in [2.45, 2.75) is 59.5 Å². The average Bonchev–Trinajstić information content (AvgIpc) is 1.84. The Hall–Kier alpha value is -0.0400. The third-order valence-electron chi connectivity index (χ3n) is 2.59. The Bertz CT molecular complexity index is 111. The van der Waals surface area contributed by atoms with Gasteiger partial charge >= 0.3 is 0 Å². The van der Waals surface area contributed by atoms with Gasteiger partial charge in [0.2, 0.25) is 0 Å². The van der Waals surface area contributed by atoms with Crippen molar-refractivity contribution in [2.75, 3.05) is 0 Å². The van der Waals surface area contributed by atoms with Crippen LogP contribution in [0.1, 0.15) is 53.9 Å². The van der Waals surface area contributed by atoms with Gasteiger partial charge in [0.15, 0.2) is 0 Å². The van der Waals surface area contributed by atoms with E-state index in [0.29, 0.717) is 0 Å². The summed E-state index contributed by atoms with van der Waals surface area (Å²) in [6.07, 6.45) is 3.30. The molecule has 0 aromatic heterocycles. The van der Waals surface area contributed by atoms with Crippen LogP contribution in [0.5, 0.6) is 0 Å². The highest BCUT2D eigenvalue weighted by atomic mass is 16.3. The first-order chi connectivity index (χ1) is 5.33. The number of hydrogen-bond acceptors (Lipinski definition) is 1. The van der Waals surface area contributed by atoms with Crippen molar-refractivity contribution in [2.24, 2.45) is 11.8 Å². The Morgan fingerprint density at radius 3 is 2.00 bits per heavy atom. The van der Waals surface area contributed by atoms with E-state index in [1.54, 1.807) is 0 Å². The Morgan fingerprint density at radius 1 is 1.17 bits per heavy atom. The first-order valence-electron chi connectivity index (χ1n) is 5.05. The Morgan fingerprint density at radius 2 is 1.67 bits per heavy atom. The molecule has 0 fully saturated rings. The fourth-order valence-electron chi connectivity index (χ4n) is 1.19. The lowest BCUT2D eigenvalue weighted by molar-refractivity contribution is 0.0663. The second-order valence-corrected chi connectivity index (χ2v) is 4.93. The third-order valence-corrected chi connectivity index (χ3v) is 2.59. The first-order valence-corrected chi connectivity index (χ1v) is 5.05. The molecule has 0 aliphatic rings. The van der Waals surface area contributed by atoms with Crippen LogP contribution < -0.4 is 0 Å². The predicted octanol–water partition coefficient (Wildman–Crippen LogP) is 3.22. The maximum Gasteiger partial charge on any atom is 0.0591 e. The van der Waals surface area contributed by atoms with Gasteiger partial charge in [0.25, 0.3) is 0 Å². The zero-order valence-electron chi connectivity index (χ0n) is 9.22. The van der Waals surface area contributed by atoms with Crippen molar-refractivity contribution in [3.8, 4) is 0 Å². The van der Waals surface area contributed by atoms with Crippen LogP contribution in [0.3, 0.4) is 0 Å². The van der Waals surface area contributed by atoms with Crippen LogP contribution in [0.4, 0.5) is 0 Å². The lowest BCUT2D eigenvalue weighted by atomic mass is 9.90. The zero-order valence-corrected chi connectivity index (χ0v) is 9.22. The monoisotopic (exact) mass is 172 g/mol. The molecule has 1 nitrogen and oxygen atoms in total. The van der Waals surface area contributed by atoms with Crippen LogP contribution in [-0.4, -0.2) is 10.7 Å². The fourth-order valence-corrected chi connectivity index (χ4v) is 1.19. The van der Waals surface area contributed by atoms with E-state index in [1.807, 2.05) is 13.8 Å². The minimum atomic E-state index is -0.475. The van der Waals surface area contributed by atoms with Gasteiger partial charge in [0.05, 0.1) is 5.60 Å². The number of hydrogen-bond donors (Lipinski definition) is 1. The summed E-state index contributed by atoms with van der Waals surface area (Å²) in [6, 6.07) is 0. The van der Waals surface area contributed by atoms with Gasteiger partial charge in [0, 0.05) is 0 Å². The van der Waals surface area contributed by atoms with E-state index < -0.39 is 5.60 Å². The number of rotatable bonds is 5. The third kappa shape index (κ3) is 6.66. The van der Waals surface area contributed by atoms with Gasteiger partial charge in [-0.2, -0.15) is 0 Å². The molecular weight excluding hydrogens is 148 g/mol. The van der Waals surface area contributed by atoms with Crippen molar-refractivity contribution in [3.05, 3.63) is 0 Å². The van der Waals surface area contributed by atoms with Gasteiger partial charge in [-0.05, 0) is 32.1 Å². The molecule has 1 atom stereocenters. The van der Waals surface area contributed by atoms with E-state index in [2.05, 4.69) is 20.8 Å². The highest BCUT2D eigenvalue weighted by Gasteiger charge is 2.13. The molecule has 1 heteroatoms. The van der Waals surface area contributed by atoms with Crippen molar-refractivity contribution in [3.63, 3.8) is 0 Å². The quantitative estimate of drug-likeness (QED) is 0.675. The van der Waals surface area contributed by atoms with Gasteiger partial charge < -0.3 is 5.11 Å². The van der Waals surface area contributed by atoms with Crippen LogP contribution >= 0.6 is 0 Å². The van der Waals surface area contributed by atoms with Gasteiger partial charge in [-0.25, -0.2) is 0 Å². The molecule has 0 bridgehead atoms.